The van der Waals surface area contributed by atoms with Crippen molar-refractivity contribution >= 4 is 0 Å². The summed E-state index contributed by atoms with van der Waals surface area (Å²) in [5.74, 6) is 0. The van der Waals surface area contributed by atoms with Gasteiger partial charge in [0.05, 0.1) is 6.07 Å². The molecule has 0 aromatic heterocycles. The zero-order chi connectivity index (χ0) is 12.0. The summed E-state index contributed by atoms with van der Waals surface area (Å²) >= 11 is 0. The molecule has 1 rings (SSSR count). The largest absolute Gasteiger partial charge is 0.313 e. The maximum atomic E-state index is 8.99. The molecule has 2 N–H and O–H groups in total. The average molecular weight is 223 g/mol. The lowest BCUT2D eigenvalue weighted by Crippen LogP contribution is -2.38. The first-order valence-electron chi connectivity index (χ1n) is 6.59. The first-order valence-corrected chi connectivity index (χ1v) is 6.59. The summed E-state index contributed by atoms with van der Waals surface area (Å²) in [6.07, 6.45) is 6.55. The van der Waals surface area contributed by atoms with E-state index in [1.807, 2.05) is 6.92 Å². The summed E-state index contributed by atoms with van der Waals surface area (Å²) in [5.41, 5.74) is 5.37. The van der Waals surface area contributed by atoms with Crippen LogP contribution in [-0.4, -0.2) is 29.6 Å². The fourth-order valence-electron chi connectivity index (χ4n) is 2.56. The summed E-state index contributed by atoms with van der Waals surface area (Å²) in [4.78, 5) is 2.56. The van der Waals surface area contributed by atoms with Gasteiger partial charge in [-0.15, -0.1) is 0 Å². The Morgan fingerprint density at radius 1 is 1.50 bits per heavy atom. The van der Waals surface area contributed by atoms with Gasteiger partial charge in [0.25, 0.3) is 0 Å². The molecule has 1 saturated heterocycles. The Labute approximate surface area is 99.6 Å². The van der Waals surface area contributed by atoms with Gasteiger partial charge in [-0.2, -0.15) is 5.26 Å². The third kappa shape index (κ3) is 3.47. The van der Waals surface area contributed by atoms with E-state index in [0.717, 1.165) is 31.8 Å². The van der Waals surface area contributed by atoms with Gasteiger partial charge in [0.1, 0.15) is 5.54 Å². The molecule has 0 aliphatic carbocycles. The molecule has 1 heterocycles. The van der Waals surface area contributed by atoms with Crippen molar-refractivity contribution in [2.45, 2.75) is 64.0 Å². The normalized spacial score (nSPS) is 25.2. The van der Waals surface area contributed by atoms with Crippen molar-refractivity contribution in [2.24, 2.45) is 5.73 Å². The topological polar surface area (TPSA) is 53.0 Å². The van der Waals surface area contributed by atoms with E-state index in [1.54, 1.807) is 0 Å². The molecule has 0 amide bonds. The lowest BCUT2D eigenvalue weighted by molar-refractivity contribution is 0.237. The number of likely N-dealkylation sites (tertiary alicyclic amines) is 1. The van der Waals surface area contributed by atoms with Crippen molar-refractivity contribution < 1.29 is 0 Å². The van der Waals surface area contributed by atoms with Crippen LogP contribution in [0.3, 0.4) is 0 Å². The van der Waals surface area contributed by atoms with E-state index in [0.29, 0.717) is 0 Å². The van der Waals surface area contributed by atoms with E-state index in [2.05, 4.69) is 17.9 Å². The van der Waals surface area contributed by atoms with Crippen LogP contribution in [0.25, 0.3) is 0 Å². The Morgan fingerprint density at radius 3 is 2.81 bits per heavy atom. The zero-order valence-electron chi connectivity index (χ0n) is 10.7. The maximum Gasteiger partial charge on any atom is 0.104 e. The van der Waals surface area contributed by atoms with Crippen LogP contribution >= 0.6 is 0 Å². The zero-order valence-corrected chi connectivity index (χ0v) is 10.7. The Hall–Kier alpha value is -0.590. The first kappa shape index (κ1) is 13.5. The summed E-state index contributed by atoms with van der Waals surface area (Å²) in [6.45, 7) is 6.60. The van der Waals surface area contributed by atoms with Crippen molar-refractivity contribution in [1.29, 1.82) is 5.26 Å². The van der Waals surface area contributed by atoms with Crippen LogP contribution in [0.1, 0.15) is 52.4 Å². The third-order valence-corrected chi connectivity index (χ3v) is 3.89. The monoisotopic (exact) mass is 223 g/mol. The minimum atomic E-state index is -0.596. The molecule has 3 heteroatoms. The molecule has 92 valence electrons. The predicted molar refractivity (Wildman–Crippen MR) is 66.9 cm³/mol. The van der Waals surface area contributed by atoms with E-state index in [4.69, 9.17) is 11.0 Å². The fraction of sp³-hybridized carbons (Fsp3) is 0.923. The van der Waals surface area contributed by atoms with Crippen molar-refractivity contribution in [2.75, 3.05) is 13.1 Å². The van der Waals surface area contributed by atoms with Crippen LogP contribution in [0.5, 0.6) is 0 Å². The second kappa shape index (κ2) is 6.22. The van der Waals surface area contributed by atoms with Gasteiger partial charge in [0, 0.05) is 6.04 Å². The summed E-state index contributed by atoms with van der Waals surface area (Å²) in [7, 11) is 0. The maximum absolute atomic E-state index is 8.99. The van der Waals surface area contributed by atoms with Crippen molar-refractivity contribution in [3.05, 3.63) is 0 Å². The lowest BCUT2D eigenvalue weighted by atomic mass is 9.93. The quantitative estimate of drug-likeness (QED) is 0.751. The molecule has 0 radical (unpaired) electrons. The lowest BCUT2D eigenvalue weighted by Gasteiger charge is -2.25. The molecular formula is C13H25N3. The molecule has 2 atom stereocenters. The number of nitriles is 1. The number of hydrogen-bond donors (Lipinski definition) is 1. The highest BCUT2D eigenvalue weighted by molar-refractivity contribution is 5.03. The minimum absolute atomic E-state index is 0.596. The van der Waals surface area contributed by atoms with Gasteiger partial charge in [0.2, 0.25) is 0 Å². The highest BCUT2D eigenvalue weighted by Gasteiger charge is 2.25. The molecule has 0 saturated carbocycles. The van der Waals surface area contributed by atoms with Crippen LogP contribution in [0, 0.1) is 11.3 Å². The van der Waals surface area contributed by atoms with E-state index in [1.165, 1.54) is 25.8 Å². The Morgan fingerprint density at radius 2 is 2.25 bits per heavy atom. The van der Waals surface area contributed by atoms with Crippen LogP contribution in [0.15, 0.2) is 0 Å². The highest BCUT2D eigenvalue weighted by Crippen LogP contribution is 2.21. The molecular weight excluding hydrogens is 198 g/mol. The fourth-order valence-corrected chi connectivity index (χ4v) is 2.56. The number of rotatable bonds is 6. The van der Waals surface area contributed by atoms with Crippen LogP contribution in [0.2, 0.25) is 0 Å². The summed E-state index contributed by atoms with van der Waals surface area (Å²) in [5, 5.41) is 8.99. The molecule has 2 unspecified atom stereocenters. The SMILES string of the molecule is CCC1CCCN1CCCC(N)(C#N)CC. The number of nitrogens with two attached hydrogens (primary N) is 1. The molecule has 0 aromatic carbocycles. The highest BCUT2D eigenvalue weighted by atomic mass is 15.2. The van der Waals surface area contributed by atoms with Crippen molar-refractivity contribution in [3.8, 4) is 6.07 Å². The predicted octanol–water partition coefficient (Wildman–Crippen LogP) is 2.27. The van der Waals surface area contributed by atoms with Gasteiger partial charge in [-0.05, 0) is 51.6 Å². The Bertz CT molecular complexity index is 246. The molecule has 0 spiro atoms. The van der Waals surface area contributed by atoms with Gasteiger partial charge in [-0.1, -0.05) is 13.8 Å². The second-order valence-electron chi connectivity index (χ2n) is 4.97. The molecule has 0 aromatic rings. The molecule has 3 nitrogen and oxygen atoms in total. The summed E-state index contributed by atoms with van der Waals surface area (Å²) < 4.78 is 0. The Kier molecular flexibility index (Phi) is 5.24. The summed E-state index contributed by atoms with van der Waals surface area (Å²) in [6, 6.07) is 3.01. The standard InChI is InChI=1S/C13H25N3/c1-3-12-7-5-9-16(12)10-6-8-13(15,4-2)11-14/h12H,3-10,15H2,1-2H3. The smallest absolute Gasteiger partial charge is 0.104 e. The van der Waals surface area contributed by atoms with E-state index in [9.17, 15) is 0 Å². The minimum Gasteiger partial charge on any atom is -0.313 e. The Balaban J connectivity index is 2.27. The molecule has 1 fully saturated rings. The van der Waals surface area contributed by atoms with Gasteiger partial charge in [-0.25, -0.2) is 0 Å². The van der Waals surface area contributed by atoms with Gasteiger partial charge in [0.15, 0.2) is 0 Å². The molecule has 16 heavy (non-hydrogen) atoms. The van der Waals surface area contributed by atoms with E-state index < -0.39 is 5.54 Å². The third-order valence-electron chi connectivity index (χ3n) is 3.89. The van der Waals surface area contributed by atoms with Crippen molar-refractivity contribution in [1.82, 2.24) is 4.90 Å². The van der Waals surface area contributed by atoms with Crippen LogP contribution in [0.4, 0.5) is 0 Å². The second-order valence-corrected chi connectivity index (χ2v) is 4.97. The average Bonchev–Trinajstić information content (AvgIpc) is 2.76. The molecule has 1 aliphatic rings. The molecule has 1 aliphatic heterocycles. The van der Waals surface area contributed by atoms with E-state index >= 15 is 0 Å². The van der Waals surface area contributed by atoms with Gasteiger partial charge < -0.3 is 10.6 Å². The van der Waals surface area contributed by atoms with E-state index in [-0.39, 0.29) is 0 Å². The number of hydrogen-bond acceptors (Lipinski definition) is 3. The van der Waals surface area contributed by atoms with Crippen molar-refractivity contribution in [3.63, 3.8) is 0 Å². The van der Waals surface area contributed by atoms with Gasteiger partial charge in [-0.3, -0.25) is 0 Å². The van der Waals surface area contributed by atoms with Crippen LogP contribution in [-0.2, 0) is 0 Å². The number of nitrogens with zero attached hydrogens (tertiary/aromatic N) is 2. The molecule has 0 bridgehead atoms. The van der Waals surface area contributed by atoms with Gasteiger partial charge >= 0.3 is 0 Å². The first-order chi connectivity index (χ1) is 7.65. The van der Waals surface area contributed by atoms with Crippen LogP contribution < -0.4 is 5.73 Å².